The first-order valence-corrected chi connectivity index (χ1v) is 10.1. The van der Waals surface area contributed by atoms with Crippen molar-refractivity contribution in [3.05, 3.63) is 63.9 Å². The predicted molar refractivity (Wildman–Crippen MR) is 118 cm³/mol. The third-order valence-corrected chi connectivity index (χ3v) is 5.30. The number of piperidine rings is 1. The molecule has 1 saturated heterocycles. The number of aliphatic imine (C=N–C) groups is 1. The third-order valence-electron chi connectivity index (χ3n) is 5.07. The van der Waals surface area contributed by atoms with Gasteiger partial charge in [0, 0.05) is 32.2 Å². The molecule has 0 aromatic heterocycles. The maximum absolute atomic E-state index is 13.5. The van der Waals surface area contributed by atoms with E-state index in [1.165, 1.54) is 28.8 Å². The molecule has 0 bridgehead atoms. The maximum Gasteiger partial charge on any atom is 0.125 e. The van der Waals surface area contributed by atoms with Gasteiger partial charge in [-0.1, -0.05) is 36.2 Å². The van der Waals surface area contributed by atoms with E-state index in [1.54, 1.807) is 6.07 Å². The van der Waals surface area contributed by atoms with Crippen molar-refractivity contribution in [3.63, 3.8) is 0 Å². The van der Waals surface area contributed by atoms with Crippen molar-refractivity contribution in [1.82, 2.24) is 4.90 Å². The van der Waals surface area contributed by atoms with Crippen LogP contribution < -0.4 is 4.90 Å². The van der Waals surface area contributed by atoms with Gasteiger partial charge in [-0.25, -0.2) is 9.38 Å². The fraction of sp³-hybridized carbons (Fsp3) is 0.348. The smallest absolute Gasteiger partial charge is 0.125 e. The van der Waals surface area contributed by atoms with Gasteiger partial charge >= 0.3 is 0 Å². The van der Waals surface area contributed by atoms with Gasteiger partial charge in [0.05, 0.1) is 17.7 Å². The lowest BCUT2D eigenvalue weighted by Crippen LogP contribution is -2.29. The van der Waals surface area contributed by atoms with E-state index >= 15 is 0 Å². The largest absolute Gasteiger partial charge is 0.376 e. The van der Waals surface area contributed by atoms with Crippen molar-refractivity contribution in [2.45, 2.75) is 26.2 Å². The highest BCUT2D eigenvalue weighted by atomic mass is 35.5. The summed E-state index contributed by atoms with van der Waals surface area (Å²) < 4.78 is 13.5. The average molecular weight is 400 g/mol. The Morgan fingerprint density at radius 3 is 2.57 bits per heavy atom. The molecular formula is C23H27ClFN3. The zero-order valence-corrected chi connectivity index (χ0v) is 17.5. The highest BCUT2D eigenvalue weighted by Crippen LogP contribution is 2.28. The molecule has 1 aliphatic heterocycles. The minimum absolute atomic E-state index is 0.246. The Hall–Kier alpha value is -2.33. The molecular weight excluding hydrogens is 373 g/mol. The quantitative estimate of drug-likeness (QED) is 0.457. The first kappa shape index (κ1) is 20.4. The molecule has 0 aliphatic carbocycles. The third kappa shape index (κ3) is 5.14. The predicted octanol–water partition coefficient (Wildman–Crippen LogP) is 5.95. The Morgan fingerprint density at radius 1 is 1.14 bits per heavy atom. The maximum atomic E-state index is 13.5. The number of aryl methyl sites for hydroxylation is 1. The average Bonchev–Trinajstić information content (AvgIpc) is 2.69. The number of rotatable bonds is 5. The van der Waals surface area contributed by atoms with E-state index in [0.29, 0.717) is 0 Å². The summed E-state index contributed by atoms with van der Waals surface area (Å²) >= 11 is 6.12. The van der Waals surface area contributed by atoms with Crippen LogP contribution in [0, 0.1) is 5.82 Å². The second kappa shape index (κ2) is 9.24. The van der Waals surface area contributed by atoms with E-state index in [4.69, 9.17) is 11.6 Å². The molecule has 0 unspecified atom stereocenters. The van der Waals surface area contributed by atoms with Gasteiger partial charge in [-0.2, -0.15) is 0 Å². The van der Waals surface area contributed by atoms with Crippen molar-refractivity contribution in [3.8, 4) is 0 Å². The Labute approximate surface area is 172 Å². The highest BCUT2D eigenvalue weighted by molar-refractivity contribution is 6.30. The van der Waals surface area contributed by atoms with Crippen LogP contribution in [-0.2, 0) is 6.42 Å². The molecule has 148 valence electrons. The Morgan fingerprint density at radius 2 is 1.89 bits per heavy atom. The fourth-order valence-corrected chi connectivity index (χ4v) is 3.61. The fourth-order valence-electron chi connectivity index (χ4n) is 3.42. The number of likely N-dealkylation sites (tertiary alicyclic amines) is 1. The molecule has 28 heavy (non-hydrogen) atoms. The lowest BCUT2D eigenvalue weighted by Gasteiger charge is -2.26. The summed E-state index contributed by atoms with van der Waals surface area (Å²) in [4.78, 5) is 8.70. The van der Waals surface area contributed by atoms with E-state index in [2.05, 4.69) is 35.0 Å². The zero-order valence-electron chi connectivity index (χ0n) is 16.8. The summed E-state index contributed by atoms with van der Waals surface area (Å²) in [5, 5.41) is 0.794. The molecule has 0 spiro atoms. The molecule has 3 nitrogen and oxygen atoms in total. The number of hydrogen-bond acceptors (Lipinski definition) is 2. The van der Waals surface area contributed by atoms with Gasteiger partial charge < -0.3 is 9.80 Å². The van der Waals surface area contributed by atoms with Crippen LogP contribution in [0.15, 0.2) is 47.0 Å². The molecule has 5 heteroatoms. The van der Waals surface area contributed by atoms with E-state index in [0.717, 1.165) is 48.7 Å². The minimum atomic E-state index is -0.246. The van der Waals surface area contributed by atoms with Gasteiger partial charge in [-0.05, 0) is 60.7 Å². The topological polar surface area (TPSA) is 18.8 Å². The second-order valence-corrected chi connectivity index (χ2v) is 7.74. The van der Waals surface area contributed by atoms with E-state index in [-0.39, 0.29) is 5.82 Å². The lowest BCUT2D eigenvalue weighted by atomic mass is 9.98. The van der Waals surface area contributed by atoms with Crippen LogP contribution in [0.5, 0.6) is 0 Å². The van der Waals surface area contributed by atoms with Crippen molar-refractivity contribution in [2.24, 2.45) is 4.99 Å². The molecule has 1 aliphatic rings. The van der Waals surface area contributed by atoms with Crippen LogP contribution in [0.3, 0.4) is 0 Å². The van der Waals surface area contributed by atoms with Crippen LogP contribution in [0.25, 0.3) is 6.08 Å². The van der Waals surface area contributed by atoms with E-state index in [1.807, 2.05) is 31.4 Å². The van der Waals surface area contributed by atoms with Crippen LogP contribution in [0.4, 0.5) is 15.8 Å². The molecule has 3 rings (SSSR count). The number of benzene rings is 2. The van der Waals surface area contributed by atoms with Gasteiger partial charge in [0.15, 0.2) is 0 Å². The molecule has 0 radical (unpaired) electrons. The molecule has 2 aromatic rings. The van der Waals surface area contributed by atoms with Crippen molar-refractivity contribution >= 4 is 35.4 Å². The Bertz CT molecular complexity index is 879. The van der Waals surface area contributed by atoms with Crippen LogP contribution in [-0.4, -0.2) is 38.4 Å². The summed E-state index contributed by atoms with van der Waals surface area (Å²) in [7, 11) is 3.79. The molecule has 2 aromatic carbocycles. The van der Waals surface area contributed by atoms with Crippen LogP contribution in [0.2, 0.25) is 5.02 Å². The van der Waals surface area contributed by atoms with Gasteiger partial charge in [0.1, 0.15) is 5.82 Å². The summed E-state index contributed by atoms with van der Waals surface area (Å²) in [5.74, 6) is -0.246. The summed E-state index contributed by atoms with van der Waals surface area (Å²) in [6.45, 7) is 4.02. The first-order valence-electron chi connectivity index (χ1n) is 9.69. The minimum Gasteiger partial charge on any atom is -0.376 e. The van der Waals surface area contributed by atoms with E-state index < -0.39 is 0 Å². The highest BCUT2D eigenvalue weighted by Gasteiger charge is 2.13. The molecule has 1 heterocycles. The molecule has 0 saturated carbocycles. The number of halogens is 2. The van der Waals surface area contributed by atoms with Crippen LogP contribution in [0.1, 0.15) is 30.9 Å². The Kier molecular flexibility index (Phi) is 6.74. The Balaban J connectivity index is 1.66. The summed E-state index contributed by atoms with van der Waals surface area (Å²) in [5.41, 5.74) is 5.57. The first-order chi connectivity index (χ1) is 13.5. The zero-order chi connectivity index (χ0) is 20.1. The molecule has 0 N–H and O–H groups in total. The molecule has 1 fully saturated rings. The lowest BCUT2D eigenvalue weighted by molar-refractivity contribution is 0.400. The van der Waals surface area contributed by atoms with Crippen molar-refractivity contribution < 1.29 is 4.39 Å². The van der Waals surface area contributed by atoms with Gasteiger partial charge in [-0.15, -0.1) is 0 Å². The summed E-state index contributed by atoms with van der Waals surface area (Å²) in [6.07, 6.45) is 7.21. The van der Waals surface area contributed by atoms with Crippen molar-refractivity contribution in [1.29, 1.82) is 0 Å². The molecule has 0 amide bonds. The van der Waals surface area contributed by atoms with E-state index in [9.17, 15) is 4.39 Å². The number of anilines is 1. The monoisotopic (exact) mass is 399 g/mol. The van der Waals surface area contributed by atoms with Gasteiger partial charge in [0.2, 0.25) is 0 Å². The number of nitrogens with zero attached hydrogens (tertiary/aromatic N) is 3. The SMILES string of the molecule is CCc1cc(Cl)ccc1C=C1CCN(C=Nc2ccc(F)cc2N(C)C)CC1. The normalized spacial score (nSPS) is 14.6. The number of hydrogen-bond donors (Lipinski definition) is 0. The van der Waals surface area contributed by atoms with Gasteiger partial charge in [0.25, 0.3) is 0 Å². The summed E-state index contributed by atoms with van der Waals surface area (Å²) in [6, 6.07) is 10.8. The standard InChI is InChI=1S/C23H27ClFN3/c1-4-18-14-20(24)6-5-19(18)13-17-9-11-28(12-10-17)16-26-22-8-7-21(25)15-23(22)27(2)3/h5-8,13-16H,4,9-12H2,1-3H3. The van der Waals surface area contributed by atoms with Gasteiger partial charge in [-0.3, -0.25) is 0 Å². The second-order valence-electron chi connectivity index (χ2n) is 7.31. The molecule has 0 atom stereocenters. The van der Waals surface area contributed by atoms with Crippen molar-refractivity contribution in [2.75, 3.05) is 32.1 Å². The van der Waals surface area contributed by atoms with Crippen LogP contribution >= 0.6 is 11.6 Å².